The molecule has 3 heteroatoms. The summed E-state index contributed by atoms with van der Waals surface area (Å²) in [7, 11) is 0. The Morgan fingerprint density at radius 1 is 1.30 bits per heavy atom. The van der Waals surface area contributed by atoms with Crippen LogP contribution >= 0.6 is 11.8 Å². The third-order valence-electron chi connectivity index (χ3n) is 5.55. The smallest absolute Gasteiger partial charge is 0.0701 e. The van der Waals surface area contributed by atoms with E-state index in [-0.39, 0.29) is 17.1 Å². The predicted molar refractivity (Wildman–Crippen MR) is 87.2 cm³/mol. The number of aliphatic hydroxyl groups excluding tert-OH is 1. The summed E-state index contributed by atoms with van der Waals surface area (Å²) in [5, 5.41) is 10.7. The molecular formula is C17H32O2S. The zero-order valence-electron chi connectivity index (χ0n) is 13.7. The summed E-state index contributed by atoms with van der Waals surface area (Å²) in [5.74, 6) is 3.44. The van der Waals surface area contributed by atoms with Crippen LogP contribution in [0.3, 0.4) is 0 Å². The lowest BCUT2D eigenvalue weighted by Crippen LogP contribution is -2.45. The molecule has 3 atom stereocenters. The lowest BCUT2D eigenvalue weighted by Gasteiger charge is -2.45. The summed E-state index contributed by atoms with van der Waals surface area (Å²) in [5.41, 5.74) is 0.380. The molecule has 0 aromatic rings. The normalized spacial score (nSPS) is 30.1. The average Bonchev–Trinajstić information content (AvgIpc) is 2.38. The van der Waals surface area contributed by atoms with Crippen LogP contribution in [0.4, 0.5) is 0 Å². The summed E-state index contributed by atoms with van der Waals surface area (Å²) < 4.78 is 6.13. The number of hydrogen-bond donors (Lipinski definition) is 1. The topological polar surface area (TPSA) is 29.5 Å². The van der Waals surface area contributed by atoms with Crippen molar-refractivity contribution in [1.29, 1.82) is 0 Å². The maximum absolute atomic E-state index is 10.7. The summed E-state index contributed by atoms with van der Waals surface area (Å²) in [6, 6.07) is 0. The highest BCUT2D eigenvalue weighted by molar-refractivity contribution is 7.99. The average molecular weight is 301 g/mol. The molecule has 0 aromatic carbocycles. The van der Waals surface area contributed by atoms with E-state index in [2.05, 4.69) is 27.7 Å². The highest BCUT2D eigenvalue weighted by atomic mass is 32.2. The second kappa shape index (κ2) is 6.58. The van der Waals surface area contributed by atoms with Crippen molar-refractivity contribution in [3.05, 3.63) is 0 Å². The van der Waals surface area contributed by atoms with E-state index in [4.69, 9.17) is 4.74 Å². The van der Waals surface area contributed by atoms with Crippen molar-refractivity contribution in [3.8, 4) is 0 Å². The van der Waals surface area contributed by atoms with Gasteiger partial charge in [-0.2, -0.15) is 11.8 Å². The molecule has 118 valence electrons. The van der Waals surface area contributed by atoms with E-state index < -0.39 is 0 Å². The maximum atomic E-state index is 10.7. The van der Waals surface area contributed by atoms with Crippen LogP contribution in [0.2, 0.25) is 0 Å². The third kappa shape index (κ3) is 4.14. The molecule has 2 saturated heterocycles. The third-order valence-corrected chi connectivity index (χ3v) is 6.54. The fourth-order valence-electron chi connectivity index (χ4n) is 3.39. The summed E-state index contributed by atoms with van der Waals surface area (Å²) >= 11 is 2.04. The van der Waals surface area contributed by atoms with Gasteiger partial charge < -0.3 is 9.84 Å². The zero-order valence-corrected chi connectivity index (χ0v) is 14.5. The van der Waals surface area contributed by atoms with E-state index in [9.17, 15) is 5.11 Å². The molecule has 0 radical (unpaired) electrons. The van der Waals surface area contributed by atoms with E-state index >= 15 is 0 Å². The maximum Gasteiger partial charge on any atom is 0.0701 e. The lowest BCUT2D eigenvalue weighted by molar-refractivity contribution is -0.123. The molecule has 0 bridgehead atoms. The standard InChI is InChI=1S/C17H32O2S/c1-13(16(2,3)4)11-15(18)14-5-8-19-17(12-14)6-9-20-10-7-17/h13-15,18H,5-12H2,1-4H3. The van der Waals surface area contributed by atoms with Gasteiger partial charge in [-0.1, -0.05) is 27.7 Å². The first-order valence-corrected chi connectivity index (χ1v) is 9.38. The minimum absolute atomic E-state index is 0.0973. The van der Waals surface area contributed by atoms with Crippen molar-refractivity contribution >= 4 is 11.8 Å². The Bertz CT molecular complexity index is 299. The number of thioether (sulfide) groups is 1. The van der Waals surface area contributed by atoms with Crippen molar-refractivity contribution in [2.24, 2.45) is 17.3 Å². The van der Waals surface area contributed by atoms with Gasteiger partial charge in [0.2, 0.25) is 0 Å². The molecule has 2 aliphatic heterocycles. The Hall–Kier alpha value is 0.270. The monoisotopic (exact) mass is 300 g/mol. The molecule has 2 nitrogen and oxygen atoms in total. The molecule has 2 rings (SSSR count). The van der Waals surface area contributed by atoms with Gasteiger partial charge in [-0.15, -0.1) is 0 Å². The molecule has 20 heavy (non-hydrogen) atoms. The summed E-state index contributed by atoms with van der Waals surface area (Å²) in [6.07, 6.45) is 5.24. The number of hydrogen-bond acceptors (Lipinski definition) is 3. The van der Waals surface area contributed by atoms with Crippen molar-refractivity contribution in [1.82, 2.24) is 0 Å². The van der Waals surface area contributed by atoms with Gasteiger partial charge in [-0.05, 0) is 60.9 Å². The molecule has 0 amide bonds. The molecule has 2 aliphatic rings. The SMILES string of the molecule is CC(CC(O)C1CCOC2(CCSCC2)C1)C(C)(C)C. The number of ether oxygens (including phenoxy) is 1. The minimum Gasteiger partial charge on any atom is -0.393 e. The van der Waals surface area contributed by atoms with Crippen LogP contribution in [0.15, 0.2) is 0 Å². The molecule has 2 heterocycles. The second-order valence-electron chi connectivity index (χ2n) is 7.97. The molecule has 1 N–H and O–H groups in total. The zero-order chi connectivity index (χ0) is 14.8. The van der Waals surface area contributed by atoms with Crippen LogP contribution in [-0.2, 0) is 4.74 Å². The first-order chi connectivity index (χ1) is 9.32. The highest BCUT2D eigenvalue weighted by Gasteiger charge is 2.41. The number of aliphatic hydroxyl groups is 1. The van der Waals surface area contributed by atoms with Crippen LogP contribution in [0, 0.1) is 17.3 Å². The van der Waals surface area contributed by atoms with Gasteiger partial charge in [-0.25, -0.2) is 0 Å². The minimum atomic E-state index is -0.153. The van der Waals surface area contributed by atoms with Crippen molar-refractivity contribution in [3.63, 3.8) is 0 Å². The lowest BCUT2D eigenvalue weighted by atomic mass is 9.73. The van der Waals surface area contributed by atoms with Crippen LogP contribution in [0.25, 0.3) is 0 Å². The summed E-state index contributed by atoms with van der Waals surface area (Å²) in [4.78, 5) is 0. The molecular weight excluding hydrogens is 268 g/mol. The van der Waals surface area contributed by atoms with Crippen molar-refractivity contribution < 1.29 is 9.84 Å². The van der Waals surface area contributed by atoms with E-state index in [0.717, 1.165) is 25.9 Å². The highest BCUT2D eigenvalue weighted by Crippen LogP contribution is 2.42. The van der Waals surface area contributed by atoms with E-state index in [1.807, 2.05) is 11.8 Å². The van der Waals surface area contributed by atoms with Gasteiger partial charge in [-0.3, -0.25) is 0 Å². The fraction of sp³-hybridized carbons (Fsp3) is 1.00. The molecule has 0 saturated carbocycles. The van der Waals surface area contributed by atoms with Gasteiger partial charge in [0.15, 0.2) is 0 Å². The first-order valence-electron chi connectivity index (χ1n) is 8.22. The van der Waals surface area contributed by atoms with E-state index in [1.54, 1.807) is 0 Å². The number of rotatable bonds is 3. The molecule has 0 aliphatic carbocycles. The van der Waals surface area contributed by atoms with Gasteiger partial charge in [0.1, 0.15) is 0 Å². The van der Waals surface area contributed by atoms with E-state index in [0.29, 0.717) is 11.8 Å². The van der Waals surface area contributed by atoms with Crippen LogP contribution in [-0.4, -0.2) is 34.9 Å². The Kier molecular flexibility index (Phi) is 5.47. The fourth-order valence-corrected chi connectivity index (χ4v) is 4.63. The Morgan fingerprint density at radius 2 is 1.95 bits per heavy atom. The first kappa shape index (κ1) is 16.6. The van der Waals surface area contributed by atoms with Crippen molar-refractivity contribution in [2.75, 3.05) is 18.1 Å². The van der Waals surface area contributed by atoms with Crippen molar-refractivity contribution in [2.45, 2.75) is 71.5 Å². The molecule has 3 unspecified atom stereocenters. The van der Waals surface area contributed by atoms with E-state index in [1.165, 1.54) is 24.3 Å². The largest absolute Gasteiger partial charge is 0.393 e. The molecule has 0 aromatic heterocycles. The second-order valence-corrected chi connectivity index (χ2v) is 9.19. The Balaban J connectivity index is 1.91. The molecule has 1 spiro atoms. The summed E-state index contributed by atoms with van der Waals surface area (Å²) in [6.45, 7) is 9.93. The van der Waals surface area contributed by atoms with Crippen LogP contribution in [0.1, 0.15) is 59.8 Å². The quantitative estimate of drug-likeness (QED) is 0.850. The van der Waals surface area contributed by atoms with Gasteiger partial charge in [0, 0.05) is 6.61 Å². The van der Waals surface area contributed by atoms with Gasteiger partial charge in [0.25, 0.3) is 0 Å². The van der Waals surface area contributed by atoms with Crippen LogP contribution < -0.4 is 0 Å². The Labute approximate surface area is 129 Å². The van der Waals surface area contributed by atoms with Gasteiger partial charge >= 0.3 is 0 Å². The van der Waals surface area contributed by atoms with Gasteiger partial charge in [0.05, 0.1) is 11.7 Å². The molecule has 2 fully saturated rings. The Morgan fingerprint density at radius 3 is 2.55 bits per heavy atom. The predicted octanol–water partition coefficient (Wildman–Crippen LogP) is 4.11. The van der Waals surface area contributed by atoms with Crippen LogP contribution in [0.5, 0.6) is 0 Å².